The Hall–Kier alpha value is -4.31. The first-order valence-corrected chi connectivity index (χ1v) is 13.2. The van der Waals surface area contributed by atoms with Crippen LogP contribution in [0.25, 0.3) is 11.1 Å². The number of fused-ring (bicyclic) bond motifs is 1. The molecule has 0 atom stereocenters. The van der Waals surface area contributed by atoms with Crippen LogP contribution in [0.2, 0.25) is 0 Å². The molecule has 16 heteroatoms. The number of nitrogens with one attached hydrogen (secondary N) is 1. The predicted octanol–water partition coefficient (Wildman–Crippen LogP) is 5.44. The molecule has 1 aliphatic heterocycles. The summed E-state index contributed by atoms with van der Waals surface area (Å²) in [6, 6.07) is 14.8. The van der Waals surface area contributed by atoms with E-state index in [4.69, 9.17) is 24.5 Å². The lowest BCUT2D eigenvalue weighted by Gasteiger charge is -2.30. The maximum absolute atomic E-state index is 13.6. The number of hydrogen-bond acceptors (Lipinski definition) is 7. The van der Waals surface area contributed by atoms with Crippen LogP contribution in [0.4, 0.5) is 32.0 Å². The highest BCUT2D eigenvalue weighted by atomic mass is 32.1. The van der Waals surface area contributed by atoms with Crippen LogP contribution in [-0.4, -0.2) is 60.5 Å². The monoisotopic (exact) mass is 634 g/mol. The first kappa shape index (κ1) is 33.2. The topological polar surface area (TPSA) is 125 Å². The van der Waals surface area contributed by atoms with E-state index in [0.29, 0.717) is 45.5 Å². The van der Waals surface area contributed by atoms with Gasteiger partial charge in [0.2, 0.25) is 5.91 Å². The van der Waals surface area contributed by atoms with Crippen molar-refractivity contribution < 1.29 is 60.4 Å². The van der Waals surface area contributed by atoms with Crippen molar-refractivity contribution in [2.45, 2.75) is 25.4 Å². The van der Waals surface area contributed by atoms with Crippen LogP contribution in [0.3, 0.4) is 0 Å². The van der Waals surface area contributed by atoms with Crippen molar-refractivity contribution in [1.82, 2.24) is 5.32 Å². The minimum atomic E-state index is -5.08. The van der Waals surface area contributed by atoms with Crippen molar-refractivity contribution in [1.29, 1.82) is 0 Å². The number of rotatable bonds is 9. The van der Waals surface area contributed by atoms with Gasteiger partial charge in [0.05, 0.1) is 25.2 Å². The standard InChI is InChI=1S/C25H23F3N2O5S.C2HF3O2/c26-25(27,28)24-19(16-4-2-1-3-5-16)13-18(36-24)15-35-17-6-7-20-21(12-17)34-11-10-30(20)22(31)14-29-9-8-23(32)33;3-2(4,5)1(6)7/h1-7,12-13,29H,8-11,14-15H2,(H,32,33);(H,6,7). The lowest BCUT2D eigenvalue weighted by molar-refractivity contribution is -0.192. The molecule has 1 aliphatic rings. The van der Waals surface area contributed by atoms with Gasteiger partial charge in [0.25, 0.3) is 0 Å². The molecule has 1 aromatic heterocycles. The van der Waals surface area contributed by atoms with Crippen molar-refractivity contribution >= 4 is 34.9 Å². The van der Waals surface area contributed by atoms with Gasteiger partial charge in [-0.15, -0.1) is 11.3 Å². The maximum atomic E-state index is 13.6. The minimum absolute atomic E-state index is 0.0192. The molecule has 0 saturated carbocycles. The molecule has 2 aromatic carbocycles. The van der Waals surface area contributed by atoms with E-state index in [9.17, 15) is 35.9 Å². The maximum Gasteiger partial charge on any atom is 0.490 e. The molecule has 0 unspecified atom stereocenters. The molecule has 232 valence electrons. The SMILES string of the molecule is O=C(O)C(F)(F)F.O=C(O)CCNCC(=O)N1CCOc2cc(OCc3cc(-c4ccccc4)c(C(F)(F)F)s3)ccc21. The van der Waals surface area contributed by atoms with Gasteiger partial charge in [-0.3, -0.25) is 9.59 Å². The molecule has 2 heterocycles. The summed E-state index contributed by atoms with van der Waals surface area (Å²) < 4.78 is 84.0. The molecule has 3 aromatic rings. The Bertz CT molecular complexity index is 1430. The number of anilines is 1. The molecule has 0 spiro atoms. The van der Waals surface area contributed by atoms with Gasteiger partial charge in [0, 0.05) is 23.1 Å². The fraction of sp³-hybridized carbons (Fsp3) is 0.296. The van der Waals surface area contributed by atoms with Gasteiger partial charge in [-0.25, -0.2) is 4.79 Å². The highest BCUT2D eigenvalue weighted by molar-refractivity contribution is 7.12. The first-order chi connectivity index (χ1) is 20.2. The Morgan fingerprint density at radius 1 is 1.00 bits per heavy atom. The molecular weight excluding hydrogens is 610 g/mol. The van der Waals surface area contributed by atoms with Crippen LogP contribution >= 0.6 is 11.3 Å². The molecular formula is C27H24F6N2O7S. The van der Waals surface area contributed by atoms with Gasteiger partial charge >= 0.3 is 24.3 Å². The second kappa shape index (κ2) is 14.2. The highest BCUT2D eigenvalue weighted by Gasteiger charge is 2.38. The molecule has 0 saturated heterocycles. The molecule has 43 heavy (non-hydrogen) atoms. The third-order valence-corrected chi connectivity index (χ3v) is 6.79. The lowest BCUT2D eigenvalue weighted by atomic mass is 10.1. The van der Waals surface area contributed by atoms with Crippen LogP contribution in [0.1, 0.15) is 16.2 Å². The molecule has 0 fully saturated rings. The van der Waals surface area contributed by atoms with Crippen molar-refractivity contribution in [3.63, 3.8) is 0 Å². The van der Waals surface area contributed by atoms with Gasteiger partial charge in [-0.1, -0.05) is 30.3 Å². The first-order valence-electron chi connectivity index (χ1n) is 12.3. The number of ether oxygens (including phenoxy) is 2. The summed E-state index contributed by atoms with van der Waals surface area (Å²) in [5, 5.41) is 18.6. The molecule has 9 nitrogen and oxygen atoms in total. The minimum Gasteiger partial charge on any atom is -0.489 e. The largest absolute Gasteiger partial charge is 0.490 e. The summed E-state index contributed by atoms with van der Waals surface area (Å²) in [6.45, 7) is 0.696. The third kappa shape index (κ3) is 9.61. The number of amides is 1. The van der Waals surface area contributed by atoms with E-state index in [1.807, 2.05) is 0 Å². The third-order valence-electron chi connectivity index (χ3n) is 5.64. The van der Waals surface area contributed by atoms with Crippen LogP contribution in [0.5, 0.6) is 11.5 Å². The Morgan fingerprint density at radius 3 is 2.28 bits per heavy atom. The molecule has 0 bridgehead atoms. The normalized spacial score (nSPS) is 12.8. The predicted molar refractivity (Wildman–Crippen MR) is 142 cm³/mol. The quantitative estimate of drug-likeness (QED) is 0.210. The number of thiophene rings is 1. The second-order valence-corrected chi connectivity index (χ2v) is 9.89. The van der Waals surface area contributed by atoms with Gasteiger partial charge < -0.3 is 29.9 Å². The Labute approximate surface area is 244 Å². The second-order valence-electron chi connectivity index (χ2n) is 8.75. The zero-order valence-electron chi connectivity index (χ0n) is 22.0. The van der Waals surface area contributed by atoms with Crippen molar-refractivity contribution in [2.75, 3.05) is 31.1 Å². The number of nitrogens with zero attached hydrogens (tertiary/aromatic N) is 1. The van der Waals surface area contributed by atoms with Crippen LogP contribution in [0.15, 0.2) is 54.6 Å². The Kier molecular flexibility index (Phi) is 11.0. The van der Waals surface area contributed by atoms with Gasteiger partial charge in [-0.2, -0.15) is 26.3 Å². The van der Waals surface area contributed by atoms with Gasteiger partial charge in [0.15, 0.2) is 0 Å². The number of benzene rings is 2. The van der Waals surface area contributed by atoms with E-state index < -0.39 is 29.2 Å². The van der Waals surface area contributed by atoms with E-state index in [-0.39, 0.29) is 44.2 Å². The Morgan fingerprint density at radius 2 is 1.67 bits per heavy atom. The number of alkyl halides is 6. The molecule has 3 N–H and O–H groups in total. The van der Waals surface area contributed by atoms with Crippen LogP contribution in [0, 0.1) is 0 Å². The Balaban J connectivity index is 0.000000646. The molecule has 1 amide bonds. The molecule has 0 aliphatic carbocycles. The number of aliphatic carboxylic acids is 2. The number of carboxylic acids is 2. The summed E-state index contributed by atoms with van der Waals surface area (Å²) in [4.78, 5) is 33.4. The fourth-order valence-electron chi connectivity index (χ4n) is 3.75. The molecule has 0 radical (unpaired) electrons. The smallest absolute Gasteiger partial charge is 0.489 e. The zero-order chi connectivity index (χ0) is 31.8. The lowest BCUT2D eigenvalue weighted by Crippen LogP contribution is -2.43. The average Bonchev–Trinajstić information content (AvgIpc) is 3.39. The van der Waals surface area contributed by atoms with Crippen LogP contribution in [-0.2, 0) is 27.2 Å². The summed E-state index contributed by atoms with van der Waals surface area (Å²) in [5.41, 5.74) is 1.14. The van der Waals surface area contributed by atoms with E-state index in [2.05, 4.69) is 5.32 Å². The van der Waals surface area contributed by atoms with E-state index in [1.165, 1.54) is 11.0 Å². The fourth-order valence-corrected chi connectivity index (χ4v) is 4.70. The summed E-state index contributed by atoms with van der Waals surface area (Å²) in [6.07, 6.45) is -9.65. The number of halogens is 6. The van der Waals surface area contributed by atoms with Gasteiger partial charge in [-0.05, 0) is 23.8 Å². The van der Waals surface area contributed by atoms with Crippen LogP contribution < -0.4 is 19.7 Å². The highest BCUT2D eigenvalue weighted by Crippen LogP contribution is 2.43. The van der Waals surface area contributed by atoms with E-state index >= 15 is 0 Å². The summed E-state index contributed by atoms with van der Waals surface area (Å²) in [7, 11) is 0. The average molecular weight is 635 g/mol. The van der Waals surface area contributed by atoms with Crippen molar-refractivity contribution in [2.24, 2.45) is 0 Å². The van der Waals surface area contributed by atoms with Crippen molar-refractivity contribution in [3.8, 4) is 22.6 Å². The number of carbonyl (C=O) groups is 3. The van der Waals surface area contributed by atoms with Crippen molar-refractivity contribution in [3.05, 3.63) is 64.4 Å². The summed E-state index contributed by atoms with van der Waals surface area (Å²) in [5.74, 6) is -3.12. The summed E-state index contributed by atoms with van der Waals surface area (Å²) >= 11 is 0.647. The van der Waals surface area contributed by atoms with Gasteiger partial charge in [0.1, 0.15) is 29.6 Å². The zero-order valence-corrected chi connectivity index (χ0v) is 22.8. The van der Waals surface area contributed by atoms with E-state index in [0.717, 1.165) is 0 Å². The number of carboxylic acid groups (broad SMARTS) is 2. The number of carbonyl (C=O) groups excluding carboxylic acids is 1. The van der Waals surface area contributed by atoms with E-state index in [1.54, 1.807) is 48.5 Å². The molecule has 4 rings (SSSR count). The number of hydrogen-bond donors (Lipinski definition) is 3.